The predicted molar refractivity (Wildman–Crippen MR) is 127 cm³/mol. The maximum Gasteiger partial charge on any atom is 0.229 e. The molecule has 0 aliphatic rings. The van der Waals surface area contributed by atoms with Gasteiger partial charge in [0, 0.05) is 48.6 Å². The number of benzene rings is 3. The molecule has 0 radical (unpaired) electrons. The standard InChI is InChI=1S/C23H21IN2O3/c1-26(2)15-4-7-19-18(9-10-25-22(28)13-24)20-6-3-14-11-16(27)5-8-17(14)23(20)29-21(19)12-15/h3-8,11-12H,9-10,13H2,1-2H3,(H,25,28). The highest BCUT2D eigenvalue weighted by molar-refractivity contribution is 14.1. The first-order chi connectivity index (χ1) is 14.0. The first kappa shape index (κ1) is 19.7. The number of hydrogen-bond acceptors (Lipinski definition) is 4. The Morgan fingerprint density at radius 3 is 2.55 bits per heavy atom. The van der Waals surface area contributed by atoms with E-state index in [-0.39, 0.29) is 11.3 Å². The lowest BCUT2D eigenvalue weighted by Crippen LogP contribution is -2.26. The van der Waals surface area contributed by atoms with Crippen molar-refractivity contribution in [2.24, 2.45) is 0 Å². The van der Waals surface area contributed by atoms with Crippen molar-refractivity contribution < 1.29 is 9.21 Å². The molecule has 0 spiro atoms. The van der Waals surface area contributed by atoms with Crippen LogP contribution in [-0.2, 0) is 11.2 Å². The second-order valence-electron chi connectivity index (χ2n) is 7.21. The number of amides is 1. The Bertz CT molecular complexity index is 1290. The number of nitrogens with one attached hydrogen (secondary N) is 1. The normalized spacial score (nSPS) is 11.3. The summed E-state index contributed by atoms with van der Waals surface area (Å²) in [6.07, 6.45) is 0.693. The number of hydrogen-bond donors (Lipinski definition) is 1. The second-order valence-corrected chi connectivity index (χ2v) is 7.98. The van der Waals surface area contributed by atoms with E-state index in [1.807, 2.05) is 43.3 Å². The summed E-state index contributed by atoms with van der Waals surface area (Å²) in [6.45, 7) is 0.559. The van der Waals surface area contributed by atoms with Gasteiger partial charge in [0.2, 0.25) is 5.91 Å². The van der Waals surface area contributed by atoms with E-state index >= 15 is 0 Å². The molecule has 1 aromatic heterocycles. The lowest BCUT2D eigenvalue weighted by molar-refractivity contribution is -0.118. The minimum Gasteiger partial charge on any atom is -0.455 e. The highest BCUT2D eigenvalue weighted by Gasteiger charge is 2.14. The molecule has 0 aliphatic heterocycles. The Labute approximate surface area is 181 Å². The van der Waals surface area contributed by atoms with E-state index in [0.717, 1.165) is 44.0 Å². The molecular formula is C23H21IN2O3. The Morgan fingerprint density at radius 2 is 1.79 bits per heavy atom. The number of fused-ring (bicyclic) bond motifs is 4. The zero-order chi connectivity index (χ0) is 20.5. The summed E-state index contributed by atoms with van der Waals surface area (Å²) in [4.78, 5) is 25.5. The van der Waals surface area contributed by atoms with Crippen LogP contribution in [0.1, 0.15) is 5.56 Å². The molecule has 1 N–H and O–H groups in total. The fourth-order valence-electron chi connectivity index (χ4n) is 3.65. The van der Waals surface area contributed by atoms with Crippen LogP contribution in [0.15, 0.2) is 57.7 Å². The quantitative estimate of drug-likeness (QED) is 0.193. The summed E-state index contributed by atoms with van der Waals surface area (Å²) in [6, 6.07) is 15.2. The summed E-state index contributed by atoms with van der Waals surface area (Å²) in [5.41, 5.74) is 3.72. The van der Waals surface area contributed by atoms with Crippen molar-refractivity contribution in [3.8, 4) is 0 Å². The summed E-state index contributed by atoms with van der Waals surface area (Å²) in [5.74, 6) is 0.0307. The maximum atomic E-state index is 11.8. The molecule has 29 heavy (non-hydrogen) atoms. The van der Waals surface area contributed by atoms with Crippen LogP contribution in [0.5, 0.6) is 0 Å². The van der Waals surface area contributed by atoms with E-state index < -0.39 is 0 Å². The Kier molecular flexibility index (Phi) is 5.45. The van der Waals surface area contributed by atoms with Gasteiger partial charge in [-0.15, -0.1) is 0 Å². The summed E-state index contributed by atoms with van der Waals surface area (Å²) in [5, 5.41) is 6.77. The molecule has 3 aromatic carbocycles. The van der Waals surface area contributed by atoms with E-state index in [4.69, 9.17) is 4.42 Å². The number of anilines is 1. The molecule has 0 bridgehead atoms. The van der Waals surface area contributed by atoms with Crippen LogP contribution in [-0.4, -0.2) is 31.0 Å². The Morgan fingerprint density at radius 1 is 1.03 bits per heavy atom. The highest BCUT2D eigenvalue weighted by atomic mass is 127. The number of alkyl halides is 1. The van der Waals surface area contributed by atoms with E-state index in [0.29, 0.717) is 17.4 Å². The molecule has 4 rings (SSSR count). The van der Waals surface area contributed by atoms with Gasteiger partial charge < -0.3 is 14.6 Å². The van der Waals surface area contributed by atoms with Crippen molar-refractivity contribution in [3.05, 3.63) is 64.3 Å². The number of halogens is 1. The molecule has 5 nitrogen and oxygen atoms in total. The number of carbonyl (C=O) groups excluding carboxylic acids is 1. The first-order valence-electron chi connectivity index (χ1n) is 9.40. The molecule has 0 aliphatic carbocycles. The first-order valence-corrected chi connectivity index (χ1v) is 10.9. The van der Waals surface area contributed by atoms with Crippen LogP contribution in [0.2, 0.25) is 0 Å². The van der Waals surface area contributed by atoms with Crippen molar-refractivity contribution >= 4 is 66.9 Å². The minimum absolute atomic E-state index is 0.0192. The predicted octanol–water partition coefficient (Wildman–Crippen LogP) is 4.26. The third-order valence-corrected chi connectivity index (χ3v) is 5.80. The molecular weight excluding hydrogens is 479 g/mol. The van der Waals surface area contributed by atoms with E-state index in [9.17, 15) is 9.59 Å². The summed E-state index contributed by atoms with van der Waals surface area (Å²) < 4.78 is 6.80. The van der Waals surface area contributed by atoms with Crippen LogP contribution in [0.3, 0.4) is 0 Å². The number of carbonyl (C=O) groups is 1. The van der Waals surface area contributed by atoms with Crippen LogP contribution < -0.4 is 15.6 Å². The lowest BCUT2D eigenvalue weighted by atomic mass is 9.98. The van der Waals surface area contributed by atoms with Gasteiger partial charge in [-0.1, -0.05) is 34.7 Å². The van der Waals surface area contributed by atoms with Gasteiger partial charge in [-0.2, -0.15) is 0 Å². The van der Waals surface area contributed by atoms with Gasteiger partial charge in [0.25, 0.3) is 0 Å². The van der Waals surface area contributed by atoms with Gasteiger partial charge in [-0.05, 0) is 47.7 Å². The summed E-state index contributed by atoms with van der Waals surface area (Å²) >= 11 is 2.06. The van der Waals surface area contributed by atoms with Crippen LogP contribution in [0.25, 0.3) is 32.7 Å². The Balaban J connectivity index is 1.97. The average Bonchev–Trinajstić information content (AvgIpc) is 2.72. The zero-order valence-corrected chi connectivity index (χ0v) is 18.4. The molecule has 0 saturated carbocycles. The topological polar surface area (TPSA) is 62.6 Å². The van der Waals surface area contributed by atoms with Crippen molar-refractivity contribution in [2.75, 3.05) is 30.0 Å². The van der Waals surface area contributed by atoms with Gasteiger partial charge in [0.15, 0.2) is 5.43 Å². The van der Waals surface area contributed by atoms with E-state index in [1.54, 1.807) is 12.1 Å². The molecule has 0 atom stereocenters. The smallest absolute Gasteiger partial charge is 0.229 e. The van der Waals surface area contributed by atoms with Crippen molar-refractivity contribution in [1.82, 2.24) is 5.32 Å². The highest BCUT2D eigenvalue weighted by Crippen LogP contribution is 2.34. The van der Waals surface area contributed by atoms with Crippen LogP contribution >= 0.6 is 22.6 Å². The van der Waals surface area contributed by atoms with Gasteiger partial charge in [0.1, 0.15) is 11.2 Å². The molecule has 0 fully saturated rings. The van der Waals surface area contributed by atoms with Gasteiger partial charge >= 0.3 is 0 Å². The maximum absolute atomic E-state index is 11.8. The monoisotopic (exact) mass is 500 g/mol. The van der Waals surface area contributed by atoms with Crippen LogP contribution in [0.4, 0.5) is 5.69 Å². The van der Waals surface area contributed by atoms with Gasteiger partial charge in [-0.3, -0.25) is 9.59 Å². The molecule has 0 unspecified atom stereocenters. The fraction of sp³-hybridized carbons (Fsp3) is 0.217. The largest absolute Gasteiger partial charge is 0.455 e. The average molecular weight is 500 g/mol. The summed E-state index contributed by atoms with van der Waals surface area (Å²) in [7, 11) is 3.99. The number of rotatable bonds is 5. The van der Waals surface area contributed by atoms with Gasteiger partial charge in [0.05, 0.1) is 4.43 Å². The van der Waals surface area contributed by atoms with E-state index in [2.05, 4.69) is 40.0 Å². The SMILES string of the molecule is CN(C)c1ccc2c(CCNC(=O)CI)c3ccc4cc(=O)ccc4c3oc2c1. The molecule has 1 amide bonds. The van der Waals surface area contributed by atoms with Crippen molar-refractivity contribution in [2.45, 2.75) is 6.42 Å². The van der Waals surface area contributed by atoms with Gasteiger partial charge in [-0.25, -0.2) is 0 Å². The Hall–Kier alpha value is -2.61. The third kappa shape index (κ3) is 3.81. The molecule has 0 saturated heterocycles. The van der Waals surface area contributed by atoms with E-state index in [1.165, 1.54) is 0 Å². The zero-order valence-electron chi connectivity index (χ0n) is 16.3. The second kappa shape index (κ2) is 8.02. The van der Waals surface area contributed by atoms with Crippen LogP contribution in [0, 0.1) is 0 Å². The molecule has 6 heteroatoms. The van der Waals surface area contributed by atoms with Crippen molar-refractivity contribution in [3.63, 3.8) is 0 Å². The minimum atomic E-state index is -0.0192. The molecule has 148 valence electrons. The van der Waals surface area contributed by atoms with Crippen molar-refractivity contribution in [1.29, 1.82) is 0 Å². The fourth-order valence-corrected chi connectivity index (χ4v) is 3.92. The lowest BCUT2D eigenvalue weighted by Gasteiger charge is -2.16. The molecule has 1 heterocycles. The third-order valence-electron chi connectivity index (χ3n) is 5.10. The molecule has 4 aromatic rings. The number of nitrogens with zero attached hydrogens (tertiary/aromatic N) is 1.